The number of allylic oxidation sites excluding steroid dienone is 1. The van der Waals surface area contributed by atoms with Gasteiger partial charge in [-0.2, -0.15) is 5.10 Å². The molecule has 2 saturated heterocycles. The molecular weight excluding hydrogens is 400 g/mol. The third-order valence-corrected chi connectivity index (χ3v) is 7.27. The van der Waals surface area contributed by atoms with Gasteiger partial charge in [-0.3, -0.25) is 4.68 Å². The van der Waals surface area contributed by atoms with Crippen molar-refractivity contribution < 1.29 is 5.11 Å². The van der Waals surface area contributed by atoms with Crippen LogP contribution in [0.3, 0.4) is 0 Å². The molecule has 3 aliphatic rings. The van der Waals surface area contributed by atoms with Gasteiger partial charge in [-0.1, -0.05) is 12.1 Å². The molecule has 0 spiro atoms. The zero-order valence-corrected chi connectivity index (χ0v) is 18.5. The van der Waals surface area contributed by atoms with Crippen molar-refractivity contribution >= 4 is 11.3 Å². The van der Waals surface area contributed by atoms with Crippen LogP contribution < -0.4 is 10.2 Å². The fraction of sp³-hybridized carbons (Fsp3) is 0.400. The van der Waals surface area contributed by atoms with Crippen molar-refractivity contribution in [2.75, 3.05) is 18.5 Å². The van der Waals surface area contributed by atoms with E-state index in [0.29, 0.717) is 29.3 Å². The summed E-state index contributed by atoms with van der Waals surface area (Å²) >= 11 is 0. The van der Waals surface area contributed by atoms with Crippen LogP contribution in [0.5, 0.6) is 5.75 Å². The minimum absolute atomic E-state index is 0.199. The lowest BCUT2D eigenvalue weighted by Gasteiger charge is -2.34. The first-order chi connectivity index (χ1) is 15.5. The van der Waals surface area contributed by atoms with Crippen molar-refractivity contribution in [1.29, 1.82) is 0 Å². The number of piperidine rings is 1. The summed E-state index contributed by atoms with van der Waals surface area (Å²) in [4.78, 5) is 2.22. The molecule has 7 heteroatoms. The number of hydrogen-bond donors (Lipinski definition) is 2. The van der Waals surface area contributed by atoms with Crippen molar-refractivity contribution in [3.8, 4) is 28.1 Å². The molecule has 164 valence electrons. The van der Waals surface area contributed by atoms with Gasteiger partial charge < -0.3 is 15.3 Å². The molecule has 32 heavy (non-hydrogen) atoms. The summed E-state index contributed by atoms with van der Waals surface area (Å²) in [6.45, 7) is 0.874. The molecule has 2 unspecified atom stereocenters. The smallest absolute Gasteiger partial charge is 0.125 e. The Labute approximate surface area is 187 Å². The predicted molar refractivity (Wildman–Crippen MR) is 125 cm³/mol. The topological polar surface area (TPSA) is 79.1 Å². The highest BCUT2D eigenvalue weighted by Gasteiger charge is 2.37. The molecule has 2 aromatic heterocycles. The van der Waals surface area contributed by atoms with Crippen LogP contribution >= 0.6 is 0 Å². The van der Waals surface area contributed by atoms with E-state index in [1.165, 1.54) is 31.3 Å². The van der Waals surface area contributed by atoms with Gasteiger partial charge >= 0.3 is 0 Å². The molecule has 2 atom stereocenters. The van der Waals surface area contributed by atoms with Crippen LogP contribution in [0.15, 0.2) is 42.7 Å². The van der Waals surface area contributed by atoms with Crippen LogP contribution in [0, 0.1) is 5.92 Å². The molecule has 0 amide bonds. The van der Waals surface area contributed by atoms with Gasteiger partial charge in [0.2, 0.25) is 0 Å². The van der Waals surface area contributed by atoms with E-state index in [0.717, 1.165) is 29.1 Å². The number of likely N-dealkylation sites (N-methyl/N-ethyl adjacent to an activating group) is 1. The average Bonchev–Trinajstić information content (AvgIpc) is 3.38. The fourth-order valence-corrected chi connectivity index (χ4v) is 5.61. The maximum absolute atomic E-state index is 10.8. The Morgan fingerprint density at radius 1 is 1.03 bits per heavy atom. The van der Waals surface area contributed by atoms with Crippen molar-refractivity contribution in [3.05, 3.63) is 48.4 Å². The van der Waals surface area contributed by atoms with Crippen molar-refractivity contribution in [1.82, 2.24) is 25.3 Å². The van der Waals surface area contributed by atoms with E-state index in [1.807, 2.05) is 25.4 Å². The second-order valence-electron chi connectivity index (χ2n) is 9.44. The molecule has 3 aromatic rings. The Kier molecular flexibility index (Phi) is 4.54. The second kappa shape index (κ2) is 7.45. The molecule has 6 rings (SSSR count). The van der Waals surface area contributed by atoms with Gasteiger partial charge in [0.1, 0.15) is 11.4 Å². The first-order valence-electron chi connectivity index (χ1n) is 11.4. The van der Waals surface area contributed by atoms with Gasteiger partial charge in [0.15, 0.2) is 0 Å². The number of nitrogens with zero attached hydrogens (tertiary/aromatic N) is 5. The number of phenolic OH excluding ortho intramolecular Hbond substituents is 1. The zero-order valence-electron chi connectivity index (χ0n) is 18.5. The minimum atomic E-state index is 0.199. The summed E-state index contributed by atoms with van der Waals surface area (Å²) in [7, 11) is 3.98. The molecule has 3 aliphatic heterocycles. The summed E-state index contributed by atoms with van der Waals surface area (Å²) in [6, 6.07) is 9.04. The number of anilines is 1. The molecule has 0 aliphatic carbocycles. The summed E-state index contributed by atoms with van der Waals surface area (Å²) < 4.78 is 1.75. The summed E-state index contributed by atoms with van der Waals surface area (Å²) in [5, 5.41) is 28.0. The molecule has 5 heterocycles. The van der Waals surface area contributed by atoms with Crippen LogP contribution in [0.1, 0.15) is 31.4 Å². The molecule has 7 nitrogen and oxygen atoms in total. The summed E-state index contributed by atoms with van der Waals surface area (Å²) in [5.41, 5.74) is 6.72. The first kappa shape index (κ1) is 19.5. The SMILES string of the molecule is CN1CC=C(C2CC3CCC(C2)N3)c2nnc(-c3ccc(-c4cnn(C)c4)cc3O)cc21. The van der Waals surface area contributed by atoms with Crippen LogP contribution in [0.2, 0.25) is 0 Å². The Hall–Kier alpha value is -3.19. The number of phenols is 1. The number of benzene rings is 1. The van der Waals surface area contributed by atoms with Crippen molar-refractivity contribution in [2.24, 2.45) is 13.0 Å². The van der Waals surface area contributed by atoms with E-state index in [-0.39, 0.29) is 5.75 Å². The van der Waals surface area contributed by atoms with Gasteiger partial charge in [-0.15, -0.1) is 10.2 Å². The summed E-state index contributed by atoms with van der Waals surface area (Å²) in [5.74, 6) is 0.748. The lowest BCUT2D eigenvalue weighted by atomic mass is 9.82. The Morgan fingerprint density at radius 3 is 2.56 bits per heavy atom. The van der Waals surface area contributed by atoms with Crippen LogP contribution in [0.4, 0.5) is 5.69 Å². The van der Waals surface area contributed by atoms with Gasteiger partial charge in [0.25, 0.3) is 0 Å². The van der Waals surface area contributed by atoms with E-state index in [1.54, 1.807) is 16.9 Å². The largest absolute Gasteiger partial charge is 0.507 e. The van der Waals surface area contributed by atoms with E-state index >= 15 is 0 Å². The number of hydrogen-bond acceptors (Lipinski definition) is 6. The number of aromatic nitrogens is 4. The van der Waals surface area contributed by atoms with Crippen LogP contribution in [0.25, 0.3) is 28.0 Å². The van der Waals surface area contributed by atoms with Crippen molar-refractivity contribution in [2.45, 2.75) is 37.8 Å². The number of aryl methyl sites for hydroxylation is 1. The molecule has 2 fully saturated rings. The number of nitrogens with one attached hydrogen (secondary N) is 1. The van der Waals surface area contributed by atoms with E-state index in [2.05, 4.69) is 39.6 Å². The Bertz CT molecular complexity index is 1200. The lowest BCUT2D eigenvalue weighted by molar-refractivity contribution is 0.351. The minimum Gasteiger partial charge on any atom is -0.507 e. The van der Waals surface area contributed by atoms with Crippen LogP contribution in [-0.2, 0) is 7.05 Å². The standard InChI is InChI=1S/C25H28N6O/c1-30-8-7-20(16-9-18-4-5-19(10-16)27-18)25-23(30)12-22(28-29-25)21-6-3-15(11-24(21)32)17-13-26-31(2)14-17/h3,6-7,11-14,16,18-19,27,32H,4-5,8-10H2,1-2H3. The van der Waals surface area contributed by atoms with Crippen molar-refractivity contribution in [3.63, 3.8) is 0 Å². The third-order valence-electron chi connectivity index (χ3n) is 7.27. The number of rotatable bonds is 3. The number of aromatic hydroxyl groups is 1. The highest BCUT2D eigenvalue weighted by molar-refractivity contribution is 5.82. The van der Waals surface area contributed by atoms with Gasteiger partial charge in [-0.25, -0.2) is 0 Å². The second-order valence-corrected chi connectivity index (χ2v) is 9.44. The zero-order chi connectivity index (χ0) is 21.8. The van der Waals surface area contributed by atoms with Gasteiger partial charge in [0.05, 0.1) is 17.6 Å². The molecule has 0 saturated carbocycles. The molecular formula is C25H28N6O. The third kappa shape index (κ3) is 3.28. The fourth-order valence-electron chi connectivity index (χ4n) is 5.61. The first-order valence-corrected chi connectivity index (χ1v) is 11.4. The Balaban J connectivity index is 1.33. The normalized spacial score (nSPS) is 24.4. The highest BCUT2D eigenvalue weighted by atomic mass is 16.3. The predicted octanol–water partition coefficient (Wildman–Crippen LogP) is 3.61. The maximum atomic E-state index is 10.8. The average molecular weight is 429 g/mol. The van der Waals surface area contributed by atoms with E-state index < -0.39 is 0 Å². The lowest BCUT2D eigenvalue weighted by Crippen LogP contribution is -2.39. The van der Waals surface area contributed by atoms with Crippen LogP contribution in [-0.4, -0.2) is 50.8 Å². The number of fused-ring (bicyclic) bond motifs is 3. The molecule has 1 aromatic carbocycles. The van der Waals surface area contributed by atoms with Gasteiger partial charge in [-0.05, 0) is 60.9 Å². The molecule has 0 radical (unpaired) electrons. The quantitative estimate of drug-likeness (QED) is 0.664. The monoisotopic (exact) mass is 428 g/mol. The Morgan fingerprint density at radius 2 is 1.84 bits per heavy atom. The van der Waals surface area contributed by atoms with Gasteiger partial charge in [0, 0.05) is 50.0 Å². The molecule has 2 N–H and O–H groups in total. The van der Waals surface area contributed by atoms with E-state index in [4.69, 9.17) is 5.10 Å². The maximum Gasteiger partial charge on any atom is 0.125 e. The van der Waals surface area contributed by atoms with E-state index in [9.17, 15) is 5.11 Å². The summed E-state index contributed by atoms with van der Waals surface area (Å²) in [6.07, 6.45) is 11.0. The highest BCUT2D eigenvalue weighted by Crippen LogP contribution is 2.43. The molecule has 2 bridgehead atoms.